The Morgan fingerprint density at radius 2 is 2.00 bits per heavy atom. The number of nitrogens with one attached hydrogen (secondary N) is 2. The van der Waals surface area contributed by atoms with Gasteiger partial charge in [-0.3, -0.25) is 14.6 Å². The molecule has 2 N–H and O–H groups in total. The molecule has 1 amide bonds. The van der Waals surface area contributed by atoms with Crippen LogP contribution in [0.15, 0.2) is 65.8 Å². The maximum Gasteiger partial charge on any atom is 0.264 e. The van der Waals surface area contributed by atoms with Crippen LogP contribution in [0.1, 0.15) is 21.6 Å². The Kier molecular flexibility index (Phi) is 5.08. The van der Waals surface area contributed by atoms with Crippen LogP contribution >= 0.6 is 0 Å². The summed E-state index contributed by atoms with van der Waals surface area (Å²) in [5.41, 5.74) is 2.18. The molecule has 1 aromatic carbocycles. The van der Waals surface area contributed by atoms with Gasteiger partial charge in [-0.15, -0.1) is 0 Å². The molecule has 0 fully saturated rings. The fourth-order valence-electron chi connectivity index (χ4n) is 2.89. The van der Waals surface area contributed by atoms with Crippen LogP contribution in [-0.4, -0.2) is 30.9 Å². The molecule has 4 rings (SSSR count). The van der Waals surface area contributed by atoms with Crippen LogP contribution < -0.4 is 15.6 Å². The molecule has 0 bridgehead atoms. The zero-order valence-electron chi connectivity index (χ0n) is 16.3. The van der Waals surface area contributed by atoms with Crippen LogP contribution in [0.25, 0.3) is 5.82 Å². The van der Waals surface area contributed by atoms with Crippen molar-refractivity contribution in [2.45, 2.75) is 13.8 Å². The van der Waals surface area contributed by atoms with E-state index in [1.54, 1.807) is 37.5 Å². The summed E-state index contributed by atoms with van der Waals surface area (Å²) in [6, 6.07) is 11.9. The highest BCUT2D eigenvalue weighted by molar-refractivity contribution is 6.05. The Morgan fingerprint density at radius 3 is 2.70 bits per heavy atom. The largest absolute Gasteiger partial charge is 0.455 e. The Balaban J connectivity index is 1.51. The molecule has 0 saturated carbocycles. The molecule has 0 aliphatic carbocycles. The van der Waals surface area contributed by atoms with Crippen LogP contribution in [0, 0.1) is 13.8 Å². The van der Waals surface area contributed by atoms with E-state index in [-0.39, 0.29) is 11.5 Å². The summed E-state index contributed by atoms with van der Waals surface area (Å²) in [5, 5.41) is 13.4. The minimum atomic E-state index is -0.312. The van der Waals surface area contributed by atoms with Crippen molar-refractivity contribution in [3.63, 3.8) is 0 Å². The molecule has 9 nitrogen and oxygen atoms in total. The second kappa shape index (κ2) is 8.00. The fraction of sp³-hybridized carbons (Fsp3) is 0.0952. The molecular formula is C21H18N6O3. The molecule has 0 unspecified atom stereocenters. The smallest absolute Gasteiger partial charge is 0.264 e. The third kappa shape index (κ3) is 3.95. The number of carbonyl (C=O) groups is 1. The number of aromatic amines is 1. The van der Waals surface area contributed by atoms with E-state index in [4.69, 9.17) is 4.74 Å². The molecule has 0 aliphatic heterocycles. The van der Waals surface area contributed by atoms with Crippen molar-refractivity contribution in [2.75, 3.05) is 5.32 Å². The van der Waals surface area contributed by atoms with Gasteiger partial charge in [-0.25, -0.2) is 9.78 Å². The van der Waals surface area contributed by atoms with Gasteiger partial charge < -0.3 is 10.1 Å². The number of amides is 1. The van der Waals surface area contributed by atoms with Gasteiger partial charge in [-0.05, 0) is 55.8 Å². The number of ether oxygens (including phenoxy) is 1. The molecule has 3 aromatic heterocycles. The van der Waals surface area contributed by atoms with Crippen molar-refractivity contribution in [3.05, 3.63) is 88.2 Å². The number of anilines is 1. The lowest BCUT2D eigenvalue weighted by molar-refractivity contribution is 0.102. The number of aromatic nitrogens is 5. The van der Waals surface area contributed by atoms with E-state index >= 15 is 0 Å². The van der Waals surface area contributed by atoms with Crippen molar-refractivity contribution in [1.29, 1.82) is 0 Å². The van der Waals surface area contributed by atoms with Crippen molar-refractivity contribution in [1.82, 2.24) is 25.0 Å². The molecule has 0 radical (unpaired) electrons. The normalized spacial score (nSPS) is 10.6. The Morgan fingerprint density at radius 1 is 1.13 bits per heavy atom. The molecule has 30 heavy (non-hydrogen) atoms. The minimum Gasteiger partial charge on any atom is -0.455 e. The molecule has 0 atom stereocenters. The monoisotopic (exact) mass is 402 g/mol. The summed E-state index contributed by atoms with van der Waals surface area (Å²) in [6.07, 6.45) is 4.77. The second-order valence-corrected chi connectivity index (χ2v) is 6.56. The highest BCUT2D eigenvalue weighted by Crippen LogP contribution is 2.27. The van der Waals surface area contributed by atoms with Gasteiger partial charge in [0.25, 0.3) is 11.5 Å². The predicted octanol–water partition coefficient (Wildman–Crippen LogP) is 3.01. The first kappa shape index (κ1) is 19.1. The lowest BCUT2D eigenvalue weighted by atomic mass is 10.2. The van der Waals surface area contributed by atoms with Crippen LogP contribution in [0.2, 0.25) is 0 Å². The number of hydrogen-bond donors (Lipinski definition) is 2. The van der Waals surface area contributed by atoms with Crippen molar-refractivity contribution < 1.29 is 9.53 Å². The third-order valence-electron chi connectivity index (χ3n) is 4.43. The van der Waals surface area contributed by atoms with Crippen LogP contribution in [0.4, 0.5) is 5.69 Å². The van der Waals surface area contributed by atoms with Gasteiger partial charge in [-0.1, -0.05) is 0 Å². The van der Waals surface area contributed by atoms with E-state index in [1.165, 1.54) is 23.0 Å². The average Bonchev–Trinajstić information content (AvgIpc) is 3.13. The summed E-state index contributed by atoms with van der Waals surface area (Å²) in [4.78, 5) is 27.9. The number of pyridine rings is 1. The number of hydrogen-bond acceptors (Lipinski definition) is 6. The van der Waals surface area contributed by atoms with E-state index in [9.17, 15) is 9.59 Å². The minimum absolute atomic E-state index is 0.302. The molecule has 0 spiro atoms. The van der Waals surface area contributed by atoms with Gasteiger partial charge >= 0.3 is 0 Å². The Hall–Kier alpha value is -4.27. The topological polar surface area (TPSA) is 115 Å². The van der Waals surface area contributed by atoms with Gasteiger partial charge in [0.2, 0.25) is 0 Å². The molecular weight excluding hydrogens is 384 g/mol. The van der Waals surface area contributed by atoms with Crippen LogP contribution in [0.5, 0.6) is 11.5 Å². The first-order valence-electron chi connectivity index (χ1n) is 9.12. The molecule has 0 saturated heterocycles. The third-order valence-corrected chi connectivity index (χ3v) is 4.43. The van der Waals surface area contributed by atoms with E-state index in [1.807, 2.05) is 19.1 Å². The van der Waals surface area contributed by atoms with Crippen LogP contribution in [0.3, 0.4) is 0 Å². The standard InChI is InChI=1S/C21H18N6O3/c1-13-10-15(5-6-18(13)30-16-4-3-9-22-11-16)24-21(29)17-12-23-27(14(17)2)19-7-8-20(28)26-25-19/h3-12H,1-2H3,(H,24,29)(H,26,28). The fourth-order valence-corrected chi connectivity index (χ4v) is 2.89. The maximum absolute atomic E-state index is 12.7. The number of benzene rings is 1. The lowest BCUT2D eigenvalue weighted by Crippen LogP contribution is -2.14. The summed E-state index contributed by atoms with van der Waals surface area (Å²) in [5.74, 6) is 1.42. The zero-order valence-corrected chi connectivity index (χ0v) is 16.3. The number of aryl methyl sites for hydroxylation is 1. The number of nitrogens with zero attached hydrogens (tertiary/aromatic N) is 4. The van der Waals surface area contributed by atoms with E-state index in [0.29, 0.717) is 34.3 Å². The average molecular weight is 402 g/mol. The summed E-state index contributed by atoms with van der Waals surface area (Å²) in [6.45, 7) is 3.65. The highest BCUT2D eigenvalue weighted by atomic mass is 16.5. The van der Waals surface area contributed by atoms with Gasteiger partial charge in [0, 0.05) is 18.0 Å². The molecule has 150 valence electrons. The number of rotatable bonds is 5. The Bertz CT molecular complexity index is 1240. The zero-order chi connectivity index (χ0) is 21.1. The Labute approximate surface area is 171 Å². The van der Waals surface area contributed by atoms with Crippen molar-refractivity contribution in [2.24, 2.45) is 0 Å². The molecule has 0 aliphatic rings. The lowest BCUT2D eigenvalue weighted by Gasteiger charge is -2.11. The molecule has 4 aromatic rings. The van der Waals surface area contributed by atoms with Crippen molar-refractivity contribution in [3.8, 4) is 17.3 Å². The second-order valence-electron chi connectivity index (χ2n) is 6.56. The van der Waals surface area contributed by atoms with Gasteiger partial charge in [0.05, 0.1) is 23.7 Å². The SMILES string of the molecule is Cc1cc(NC(=O)c2cnn(-c3ccc(=O)[nH]n3)c2C)ccc1Oc1cccnc1. The summed E-state index contributed by atoms with van der Waals surface area (Å²) in [7, 11) is 0. The van der Waals surface area contributed by atoms with Crippen LogP contribution in [-0.2, 0) is 0 Å². The summed E-state index contributed by atoms with van der Waals surface area (Å²) < 4.78 is 7.30. The quantitative estimate of drug-likeness (QED) is 0.530. The van der Waals surface area contributed by atoms with E-state index < -0.39 is 0 Å². The molecule has 3 heterocycles. The first-order valence-corrected chi connectivity index (χ1v) is 9.12. The summed E-state index contributed by atoms with van der Waals surface area (Å²) >= 11 is 0. The molecule has 9 heteroatoms. The number of H-pyrrole nitrogens is 1. The first-order chi connectivity index (χ1) is 14.5. The van der Waals surface area contributed by atoms with Gasteiger partial charge in [0.15, 0.2) is 5.82 Å². The maximum atomic E-state index is 12.7. The van der Waals surface area contributed by atoms with E-state index in [0.717, 1.165) is 5.56 Å². The predicted molar refractivity (Wildman–Crippen MR) is 110 cm³/mol. The number of carbonyl (C=O) groups excluding carboxylic acids is 1. The van der Waals surface area contributed by atoms with Gasteiger partial charge in [-0.2, -0.15) is 10.2 Å². The van der Waals surface area contributed by atoms with E-state index in [2.05, 4.69) is 25.6 Å². The van der Waals surface area contributed by atoms with Gasteiger partial charge in [0.1, 0.15) is 11.5 Å². The van der Waals surface area contributed by atoms with Crippen molar-refractivity contribution >= 4 is 11.6 Å². The highest BCUT2D eigenvalue weighted by Gasteiger charge is 2.16.